The molecular formula is C11H19ClN2O2. The maximum atomic E-state index is 11.8. The second-order valence-electron chi connectivity index (χ2n) is 4.12. The molecule has 3 amide bonds. The molecule has 0 radical (unpaired) electrons. The van der Waals surface area contributed by atoms with Gasteiger partial charge >= 0.3 is 6.03 Å². The Morgan fingerprint density at radius 2 is 2.19 bits per heavy atom. The van der Waals surface area contributed by atoms with Crippen molar-refractivity contribution in [1.29, 1.82) is 0 Å². The first kappa shape index (κ1) is 13.3. The molecule has 1 aliphatic heterocycles. The Bertz CT molecular complexity index is 256. The molecule has 0 saturated carbocycles. The molecule has 1 heterocycles. The molecular weight excluding hydrogens is 228 g/mol. The van der Waals surface area contributed by atoms with Crippen molar-refractivity contribution in [2.45, 2.75) is 45.1 Å². The summed E-state index contributed by atoms with van der Waals surface area (Å²) in [6.07, 6.45) is 5.28. The number of urea groups is 1. The Hall–Kier alpha value is -0.770. The van der Waals surface area contributed by atoms with Gasteiger partial charge in [-0.15, -0.1) is 11.6 Å². The molecule has 1 aliphatic rings. The van der Waals surface area contributed by atoms with Crippen LogP contribution in [-0.2, 0) is 4.79 Å². The van der Waals surface area contributed by atoms with Gasteiger partial charge in [0.05, 0.1) is 0 Å². The summed E-state index contributed by atoms with van der Waals surface area (Å²) < 4.78 is 0. The van der Waals surface area contributed by atoms with E-state index in [-0.39, 0.29) is 18.0 Å². The van der Waals surface area contributed by atoms with E-state index in [1.54, 1.807) is 4.90 Å². The lowest BCUT2D eigenvalue weighted by Gasteiger charge is -2.35. The summed E-state index contributed by atoms with van der Waals surface area (Å²) >= 11 is 5.35. The minimum Gasteiger partial charge on any atom is -0.321 e. The molecule has 4 nitrogen and oxygen atoms in total. The summed E-state index contributed by atoms with van der Waals surface area (Å²) in [7, 11) is 0. The topological polar surface area (TPSA) is 49.4 Å². The second kappa shape index (κ2) is 6.74. The molecule has 0 bridgehead atoms. The van der Waals surface area contributed by atoms with Crippen LogP contribution in [0.5, 0.6) is 0 Å². The molecule has 1 fully saturated rings. The number of hydrogen-bond acceptors (Lipinski definition) is 2. The minimum absolute atomic E-state index is 0.169. The van der Waals surface area contributed by atoms with Gasteiger partial charge < -0.3 is 4.90 Å². The maximum Gasteiger partial charge on any atom is 0.324 e. The Labute approximate surface area is 101 Å². The van der Waals surface area contributed by atoms with Crippen molar-refractivity contribution >= 4 is 23.5 Å². The van der Waals surface area contributed by atoms with Crippen molar-refractivity contribution in [3.8, 4) is 0 Å². The van der Waals surface area contributed by atoms with Gasteiger partial charge in [0, 0.05) is 12.6 Å². The van der Waals surface area contributed by atoms with Crippen LogP contribution in [0.15, 0.2) is 0 Å². The zero-order chi connectivity index (χ0) is 12.0. The van der Waals surface area contributed by atoms with Gasteiger partial charge in [-0.3, -0.25) is 10.1 Å². The fourth-order valence-electron chi connectivity index (χ4n) is 2.13. The zero-order valence-electron chi connectivity index (χ0n) is 9.67. The van der Waals surface area contributed by atoms with E-state index in [0.717, 1.165) is 38.6 Å². The number of carbonyl (C=O) groups excluding carboxylic acids is 2. The van der Waals surface area contributed by atoms with Crippen molar-refractivity contribution in [3.05, 3.63) is 0 Å². The molecule has 1 N–H and O–H groups in total. The van der Waals surface area contributed by atoms with Crippen LogP contribution < -0.4 is 5.32 Å². The quantitative estimate of drug-likeness (QED) is 0.776. The number of carbonyl (C=O) groups is 2. The van der Waals surface area contributed by atoms with Crippen LogP contribution in [0.2, 0.25) is 0 Å². The molecule has 0 spiro atoms. The third-order valence-electron chi connectivity index (χ3n) is 2.88. The van der Waals surface area contributed by atoms with Crippen molar-refractivity contribution in [2.75, 3.05) is 12.4 Å². The van der Waals surface area contributed by atoms with Crippen LogP contribution in [0, 0.1) is 0 Å². The highest BCUT2D eigenvalue weighted by molar-refractivity contribution is 6.28. The van der Waals surface area contributed by atoms with Crippen LogP contribution >= 0.6 is 11.6 Å². The van der Waals surface area contributed by atoms with Gasteiger partial charge in [0.25, 0.3) is 0 Å². The summed E-state index contributed by atoms with van der Waals surface area (Å²) in [4.78, 5) is 24.6. The largest absolute Gasteiger partial charge is 0.324 e. The molecule has 0 aromatic carbocycles. The average Bonchev–Trinajstić information content (AvgIpc) is 2.30. The van der Waals surface area contributed by atoms with E-state index in [1.165, 1.54) is 0 Å². The molecule has 1 unspecified atom stereocenters. The van der Waals surface area contributed by atoms with E-state index in [9.17, 15) is 9.59 Å². The summed E-state index contributed by atoms with van der Waals surface area (Å²) in [6.45, 7) is 2.85. The fourth-order valence-corrected chi connectivity index (χ4v) is 2.19. The van der Waals surface area contributed by atoms with Crippen LogP contribution in [0.4, 0.5) is 4.79 Å². The molecule has 1 rings (SSSR count). The van der Waals surface area contributed by atoms with Gasteiger partial charge in [-0.1, -0.05) is 13.3 Å². The van der Waals surface area contributed by atoms with E-state index in [0.29, 0.717) is 0 Å². The number of halogens is 1. The molecule has 0 aromatic rings. The number of likely N-dealkylation sites (tertiary alicyclic amines) is 1. The van der Waals surface area contributed by atoms with Gasteiger partial charge in [-0.25, -0.2) is 4.79 Å². The number of imide groups is 1. The van der Waals surface area contributed by atoms with Crippen LogP contribution in [0.1, 0.15) is 39.0 Å². The van der Waals surface area contributed by atoms with Crippen molar-refractivity contribution in [3.63, 3.8) is 0 Å². The second-order valence-corrected chi connectivity index (χ2v) is 4.39. The Morgan fingerprint density at radius 3 is 2.81 bits per heavy atom. The maximum absolute atomic E-state index is 11.8. The highest BCUT2D eigenvalue weighted by Gasteiger charge is 2.26. The third-order valence-corrected chi connectivity index (χ3v) is 3.12. The predicted molar refractivity (Wildman–Crippen MR) is 63.5 cm³/mol. The smallest absolute Gasteiger partial charge is 0.321 e. The van der Waals surface area contributed by atoms with Gasteiger partial charge in [0.1, 0.15) is 5.88 Å². The summed E-state index contributed by atoms with van der Waals surface area (Å²) in [5.74, 6) is -0.592. The van der Waals surface area contributed by atoms with Crippen molar-refractivity contribution in [1.82, 2.24) is 10.2 Å². The highest BCUT2D eigenvalue weighted by atomic mass is 35.5. The lowest BCUT2D eigenvalue weighted by Crippen LogP contribution is -2.50. The normalized spacial score (nSPS) is 20.6. The number of nitrogens with one attached hydrogen (secondary N) is 1. The average molecular weight is 247 g/mol. The molecule has 1 saturated heterocycles. The van der Waals surface area contributed by atoms with E-state index in [1.807, 2.05) is 0 Å². The standard InChI is InChI=1S/C11H19ClN2O2/c1-2-5-9-6-3-4-7-14(9)11(16)13-10(15)8-12/h9H,2-8H2,1H3,(H,13,15,16). The van der Waals surface area contributed by atoms with Crippen LogP contribution in [0.25, 0.3) is 0 Å². The van der Waals surface area contributed by atoms with Crippen LogP contribution in [0.3, 0.4) is 0 Å². The number of piperidine rings is 1. The molecule has 0 aliphatic carbocycles. The molecule has 0 aromatic heterocycles. The first-order chi connectivity index (χ1) is 7.69. The molecule has 16 heavy (non-hydrogen) atoms. The zero-order valence-corrected chi connectivity index (χ0v) is 10.4. The lowest BCUT2D eigenvalue weighted by molar-refractivity contribution is -0.117. The molecule has 5 heteroatoms. The van der Waals surface area contributed by atoms with Gasteiger partial charge in [0.15, 0.2) is 0 Å². The van der Waals surface area contributed by atoms with E-state index in [2.05, 4.69) is 12.2 Å². The monoisotopic (exact) mass is 246 g/mol. The minimum atomic E-state index is -0.424. The van der Waals surface area contributed by atoms with E-state index in [4.69, 9.17) is 11.6 Å². The highest BCUT2D eigenvalue weighted by Crippen LogP contribution is 2.20. The first-order valence-corrected chi connectivity index (χ1v) is 6.39. The number of nitrogens with zero attached hydrogens (tertiary/aromatic N) is 1. The fraction of sp³-hybridized carbons (Fsp3) is 0.818. The lowest BCUT2D eigenvalue weighted by atomic mass is 9.99. The van der Waals surface area contributed by atoms with Gasteiger partial charge in [-0.2, -0.15) is 0 Å². The van der Waals surface area contributed by atoms with Gasteiger partial charge in [-0.05, 0) is 25.7 Å². The van der Waals surface area contributed by atoms with Crippen LogP contribution in [-0.4, -0.2) is 35.3 Å². The Kier molecular flexibility index (Phi) is 5.60. The first-order valence-electron chi connectivity index (χ1n) is 5.85. The van der Waals surface area contributed by atoms with E-state index >= 15 is 0 Å². The summed E-state index contributed by atoms with van der Waals surface area (Å²) in [5.41, 5.74) is 0. The SMILES string of the molecule is CCCC1CCCCN1C(=O)NC(=O)CCl. The number of hydrogen-bond donors (Lipinski definition) is 1. The number of amides is 3. The Morgan fingerprint density at radius 1 is 1.44 bits per heavy atom. The summed E-state index contributed by atoms with van der Waals surface area (Å²) in [5, 5.41) is 2.30. The van der Waals surface area contributed by atoms with E-state index < -0.39 is 5.91 Å². The number of alkyl halides is 1. The van der Waals surface area contributed by atoms with Crippen molar-refractivity contribution in [2.24, 2.45) is 0 Å². The number of rotatable bonds is 3. The predicted octanol–water partition coefficient (Wildman–Crippen LogP) is 2.12. The summed E-state index contributed by atoms with van der Waals surface area (Å²) in [6, 6.07) is -0.00863. The third kappa shape index (κ3) is 3.67. The van der Waals surface area contributed by atoms with Gasteiger partial charge in [0.2, 0.25) is 5.91 Å². The Balaban J connectivity index is 2.53. The van der Waals surface area contributed by atoms with Crippen molar-refractivity contribution < 1.29 is 9.59 Å². The molecule has 92 valence electrons. The molecule has 1 atom stereocenters.